The van der Waals surface area contributed by atoms with Gasteiger partial charge in [-0.15, -0.1) is 0 Å². The molecule has 1 aromatic carbocycles. The second kappa shape index (κ2) is 5.09. The van der Waals surface area contributed by atoms with Gasteiger partial charge >= 0.3 is 0 Å². The van der Waals surface area contributed by atoms with Gasteiger partial charge in [-0.1, -0.05) is 0 Å². The molecule has 0 unspecified atom stereocenters. The molecule has 0 aliphatic carbocycles. The summed E-state index contributed by atoms with van der Waals surface area (Å²) in [6.45, 7) is 8.31. The minimum Gasteiger partial charge on any atom is -0.461 e. The predicted molar refractivity (Wildman–Crippen MR) is 71.3 cm³/mol. The van der Waals surface area contributed by atoms with Crippen molar-refractivity contribution in [2.24, 2.45) is 0 Å². The van der Waals surface area contributed by atoms with Gasteiger partial charge in [-0.05, 0) is 51.1 Å². The molecule has 0 fully saturated rings. The molecule has 2 nitrogen and oxygen atoms in total. The summed E-state index contributed by atoms with van der Waals surface area (Å²) >= 11 is 0. The molecular formula is C15H18NO. The third-order valence-electron chi connectivity index (χ3n) is 2.95. The van der Waals surface area contributed by atoms with E-state index in [4.69, 9.17) is 4.42 Å². The molecule has 17 heavy (non-hydrogen) atoms. The lowest BCUT2D eigenvalue weighted by Gasteiger charge is -2.20. The van der Waals surface area contributed by atoms with E-state index in [-0.39, 0.29) is 0 Å². The Kier molecular flexibility index (Phi) is 3.52. The van der Waals surface area contributed by atoms with Crippen molar-refractivity contribution < 1.29 is 4.42 Å². The summed E-state index contributed by atoms with van der Waals surface area (Å²) in [5.41, 5.74) is 2.36. The smallest absolute Gasteiger partial charge is 0.134 e. The molecule has 0 saturated heterocycles. The summed E-state index contributed by atoms with van der Waals surface area (Å²) in [4.78, 5) is 2.32. The quantitative estimate of drug-likeness (QED) is 0.789. The molecule has 0 N–H and O–H groups in total. The first kappa shape index (κ1) is 11.8. The van der Waals surface area contributed by atoms with Gasteiger partial charge in [0.25, 0.3) is 0 Å². The van der Waals surface area contributed by atoms with Crippen LogP contribution in [-0.2, 0) is 0 Å². The Morgan fingerprint density at radius 2 is 1.76 bits per heavy atom. The van der Waals surface area contributed by atoms with E-state index in [0.717, 1.165) is 30.2 Å². The molecule has 1 radical (unpaired) electrons. The second-order valence-electron chi connectivity index (χ2n) is 4.03. The molecular weight excluding hydrogens is 210 g/mol. The van der Waals surface area contributed by atoms with Crippen molar-refractivity contribution in [3.8, 4) is 11.3 Å². The number of furan rings is 1. The Bertz CT molecular complexity index is 466. The molecule has 0 saturated carbocycles. The Hall–Kier alpha value is -1.70. The Labute approximate surface area is 103 Å². The highest BCUT2D eigenvalue weighted by molar-refractivity contribution is 5.62. The average Bonchev–Trinajstić information content (AvgIpc) is 2.78. The van der Waals surface area contributed by atoms with E-state index in [9.17, 15) is 0 Å². The van der Waals surface area contributed by atoms with E-state index in [1.807, 2.05) is 13.0 Å². The van der Waals surface area contributed by atoms with Crippen LogP contribution in [0, 0.1) is 13.0 Å². The monoisotopic (exact) mass is 228 g/mol. The van der Waals surface area contributed by atoms with Crippen LogP contribution >= 0.6 is 0 Å². The van der Waals surface area contributed by atoms with Crippen LogP contribution in [0.15, 0.2) is 34.7 Å². The van der Waals surface area contributed by atoms with Crippen LogP contribution in [0.25, 0.3) is 11.3 Å². The minimum absolute atomic E-state index is 0.827. The van der Waals surface area contributed by atoms with E-state index in [0.29, 0.717) is 0 Å². The molecule has 2 rings (SSSR count). The zero-order chi connectivity index (χ0) is 12.3. The zero-order valence-corrected chi connectivity index (χ0v) is 10.7. The minimum atomic E-state index is 0.827. The van der Waals surface area contributed by atoms with Gasteiger partial charge in [-0.2, -0.15) is 0 Å². The number of hydrogen-bond acceptors (Lipinski definition) is 2. The molecule has 0 bridgehead atoms. The van der Waals surface area contributed by atoms with Gasteiger partial charge in [-0.3, -0.25) is 0 Å². The molecule has 89 valence electrons. The average molecular weight is 228 g/mol. The third-order valence-corrected chi connectivity index (χ3v) is 2.95. The van der Waals surface area contributed by atoms with Crippen LogP contribution in [0.3, 0.4) is 0 Å². The first-order chi connectivity index (χ1) is 8.24. The highest BCUT2D eigenvalue weighted by Crippen LogP contribution is 2.24. The number of nitrogens with zero attached hydrogens (tertiary/aromatic N) is 1. The van der Waals surface area contributed by atoms with Gasteiger partial charge in [0.05, 0.1) is 0 Å². The van der Waals surface area contributed by atoms with Crippen molar-refractivity contribution in [2.75, 3.05) is 18.0 Å². The number of hydrogen-bond donors (Lipinski definition) is 0. The maximum absolute atomic E-state index is 5.55. The molecule has 0 spiro atoms. The highest BCUT2D eigenvalue weighted by Gasteiger charge is 2.05. The fraction of sp³-hybridized carbons (Fsp3) is 0.333. The lowest BCUT2D eigenvalue weighted by molar-refractivity contribution is 0.547. The van der Waals surface area contributed by atoms with Crippen LogP contribution in [0.2, 0.25) is 0 Å². The Morgan fingerprint density at radius 3 is 2.24 bits per heavy atom. The molecule has 0 atom stereocenters. The number of anilines is 1. The first-order valence-electron chi connectivity index (χ1n) is 6.08. The second-order valence-corrected chi connectivity index (χ2v) is 4.03. The van der Waals surface area contributed by atoms with E-state index in [2.05, 4.69) is 49.1 Å². The molecule has 1 heterocycles. The van der Waals surface area contributed by atoms with E-state index >= 15 is 0 Å². The number of benzene rings is 1. The summed E-state index contributed by atoms with van der Waals surface area (Å²) < 4.78 is 5.55. The van der Waals surface area contributed by atoms with Crippen LogP contribution in [0.5, 0.6) is 0 Å². The van der Waals surface area contributed by atoms with Crippen molar-refractivity contribution in [1.29, 1.82) is 0 Å². The van der Waals surface area contributed by atoms with Crippen molar-refractivity contribution in [3.05, 3.63) is 42.2 Å². The third kappa shape index (κ3) is 2.52. The van der Waals surface area contributed by atoms with Crippen molar-refractivity contribution >= 4 is 5.69 Å². The lowest BCUT2D eigenvalue weighted by atomic mass is 10.1. The van der Waals surface area contributed by atoms with Crippen LogP contribution in [0.4, 0.5) is 5.69 Å². The van der Waals surface area contributed by atoms with Crippen LogP contribution < -0.4 is 4.90 Å². The van der Waals surface area contributed by atoms with E-state index < -0.39 is 0 Å². The fourth-order valence-corrected chi connectivity index (χ4v) is 1.96. The molecule has 1 aromatic heterocycles. The largest absolute Gasteiger partial charge is 0.461 e. The molecule has 0 amide bonds. The maximum Gasteiger partial charge on any atom is 0.134 e. The molecule has 2 heteroatoms. The van der Waals surface area contributed by atoms with Gasteiger partial charge in [-0.25, -0.2) is 0 Å². The molecule has 0 aliphatic rings. The van der Waals surface area contributed by atoms with E-state index in [1.165, 1.54) is 5.69 Å². The van der Waals surface area contributed by atoms with Crippen molar-refractivity contribution in [2.45, 2.75) is 20.8 Å². The number of aryl methyl sites for hydroxylation is 1. The standard InChI is InChI=1S/C15H18NO/c1-4-16(5-2)14-9-7-13(8-10-14)15-11-6-12(3)17-15/h7-11H,4-5H2,1-3H3. The van der Waals surface area contributed by atoms with Crippen molar-refractivity contribution in [1.82, 2.24) is 0 Å². The first-order valence-corrected chi connectivity index (χ1v) is 6.08. The summed E-state index contributed by atoms with van der Waals surface area (Å²) in [7, 11) is 0. The van der Waals surface area contributed by atoms with Crippen molar-refractivity contribution in [3.63, 3.8) is 0 Å². The van der Waals surface area contributed by atoms with E-state index in [1.54, 1.807) is 0 Å². The van der Waals surface area contributed by atoms with Crippen LogP contribution in [-0.4, -0.2) is 13.1 Å². The predicted octanol–water partition coefficient (Wildman–Crippen LogP) is 3.90. The summed E-state index contributed by atoms with van der Waals surface area (Å²) in [5, 5.41) is 0. The maximum atomic E-state index is 5.55. The van der Waals surface area contributed by atoms with Gasteiger partial charge in [0.2, 0.25) is 0 Å². The molecule has 0 aliphatic heterocycles. The Balaban J connectivity index is 2.23. The lowest BCUT2D eigenvalue weighted by Crippen LogP contribution is -2.21. The highest BCUT2D eigenvalue weighted by atomic mass is 16.3. The summed E-state index contributed by atoms with van der Waals surface area (Å²) in [6.07, 6.45) is 0. The topological polar surface area (TPSA) is 16.4 Å². The number of rotatable bonds is 4. The van der Waals surface area contributed by atoms with Gasteiger partial charge in [0.1, 0.15) is 11.5 Å². The summed E-state index contributed by atoms with van der Waals surface area (Å²) in [5.74, 6) is 1.71. The van der Waals surface area contributed by atoms with Gasteiger partial charge < -0.3 is 9.32 Å². The normalized spacial score (nSPS) is 10.5. The SMILES string of the molecule is CCN(CC)c1ccc(-c2c[c]c(C)o2)cc1. The Morgan fingerprint density at radius 1 is 1.12 bits per heavy atom. The fourth-order valence-electron chi connectivity index (χ4n) is 1.96. The molecule has 2 aromatic rings. The van der Waals surface area contributed by atoms with Crippen LogP contribution in [0.1, 0.15) is 19.6 Å². The van der Waals surface area contributed by atoms with Gasteiger partial charge in [0, 0.05) is 30.4 Å². The zero-order valence-electron chi connectivity index (χ0n) is 10.7. The van der Waals surface area contributed by atoms with Gasteiger partial charge in [0.15, 0.2) is 0 Å². The summed E-state index contributed by atoms with van der Waals surface area (Å²) in [6, 6.07) is 13.4.